The second-order valence-electron chi connectivity index (χ2n) is 2.50. The number of nitrogens with two attached hydrogens (primary N) is 1. The molecular formula is C8H6BrF2N3. The number of hydrogen-bond acceptors (Lipinski definition) is 3. The highest BCUT2D eigenvalue weighted by atomic mass is 79.9. The van der Waals surface area contributed by atoms with E-state index in [2.05, 4.69) is 20.9 Å². The molecule has 3 nitrogen and oxygen atoms in total. The predicted molar refractivity (Wildman–Crippen MR) is 51.0 cm³/mol. The monoisotopic (exact) mass is 261 g/mol. The lowest BCUT2D eigenvalue weighted by molar-refractivity contribution is 0.151. The maximum Gasteiger partial charge on any atom is 0.267 e. The number of nitriles is 1. The minimum atomic E-state index is -2.76. The van der Waals surface area contributed by atoms with Gasteiger partial charge in [0.2, 0.25) is 0 Å². The van der Waals surface area contributed by atoms with E-state index in [9.17, 15) is 8.78 Å². The largest absolute Gasteiger partial charge is 0.397 e. The topological polar surface area (TPSA) is 62.7 Å². The van der Waals surface area contributed by atoms with Gasteiger partial charge in [-0.1, -0.05) is 15.9 Å². The van der Waals surface area contributed by atoms with Crippen molar-refractivity contribution in [3.8, 4) is 6.07 Å². The Hall–Kier alpha value is -1.22. The molecule has 0 atom stereocenters. The van der Waals surface area contributed by atoms with Crippen LogP contribution in [0.25, 0.3) is 0 Å². The first kappa shape index (κ1) is 10.9. The van der Waals surface area contributed by atoms with E-state index in [4.69, 9.17) is 11.0 Å². The Morgan fingerprint density at radius 2 is 2.29 bits per heavy atom. The van der Waals surface area contributed by atoms with E-state index in [-0.39, 0.29) is 22.3 Å². The molecule has 1 aromatic rings. The van der Waals surface area contributed by atoms with E-state index in [1.54, 1.807) is 6.07 Å². The highest BCUT2D eigenvalue weighted by Crippen LogP contribution is 2.29. The molecule has 0 fully saturated rings. The van der Waals surface area contributed by atoms with Crippen molar-refractivity contribution in [2.75, 3.05) is 5.73 Å². The van der Waals surface area contributed by atoms with Crippen molar-refractivity contribution in [1.29, 1.82) is 5.26 Å². The Labute approximate surface area is 87.7 Å². The number of rotatable bonds is 2. The molecular weight excluding hydrogens is 256 g/mol. The molecule has 0 unspecified atom stereocenters. The summed E-state index contributed by atoms with van der Waals surface area (Å²) in [5, 5.41) is 8.95. The fourth-order valence-corrected chi connectivity index (χ4v) is 1.47. The van der Waals surface area contributed by atoms with Crippen molar-refractivity contribution < 1.29 is 8.78 Å². The average molecular weight is 262 g/mol. The molecule has 0 aliphatic heterocycles. The van der Waals surface area contributed by atoms with Crippen LogP contribution in [-0.4, -0.2) is 4.98 Å². The van der Waals surface area contributed by atoms with Gasteiger partial charge in [-0.3, -0.25) is 4.98 Å². The smallest absolute Gasteiger partial charge is 0.267 e. The van der Waals surface area contributed by atoms with Crippen LogP contribution in [0.1, 0.15) is 23.2 Å². The summed E-state index contributed by atoms with van der Waals surface area (Å²) in [7, 11) is 0. The second-order valence-corrected chi connectivity index (χ2v) is 3.06. The van der Waals surface area contributed by atoms with Gasteiger partial charge >= 0.3 is 0 Å². The summed E-state index contributed by atoms with van der Waals surface area (Å²) < 4.78 is 25.0. The number of anilines is 1. The summed E-state index contributed by atoms with van der Waals surface area (Å²) in [6.45, 7) is 0. The minimum Gasteiger partial charge on any atom is -0.397 e. The summed E-state index contributed by atoms with van der Waals surface area (Å²) in [6.07, 6.45) is -1.62. The zero-order chi connectivity index (χ0) is 10.7. The number of nitrogens with zero attached hydrogens (tertiary/aromatic N) is 2. The van der Waals surface area contributed by atoms with E-state index in [0.29, 0.717) is 0 Å². The maximum absolute atomic E-state index is 12.5. The molecule has 1 aromatic heterocycles. The Balaban J connectivity index is 3.45. The average Bonchev–Trinajstić information content (AvgIpc) is 2.16. The van der Waals surface area contributed by atoms with Gasteiger partial charge in [-0.15, -0.1) is 0 Å². The van der Waals surface area contributed by atoms with Crippen molar-refractivity contribution >= 4 is 21.6 Å². The van der Waals surface area contributed by atoms with Gasteiger partial charge in [-0.2, -0.15) is 5.26 Å². The fraction of sp³-hybridized carbons (Fsp3) is 0.250. The lowest BCUT2D eigenvalue weighted by atomic mass is 10.1. The molecule has 1 heterocycles. The fourth-order valence-electron chi connectivity index (χ4n) is 1.04. The van der Waals surface area contributed by atoms with Gasteiger partial charge in [-0.05, 0) is 0 Å². The van der Waals surface area contributed by atoms with Crippen molar-refractivity contribution in [2.24, 2.45) is 0 Å². The van der Waals surface area contributed by atoms with Crippen molar-refractivity contribution in [3.05, 3.63) is 23.0 Å². The molecule has 0 amide bonds. The molecule has 0 bridgehead atoms. The maximum atomic E-state index is 12.5. The Kier molecular flexibility index (Phi) is 3.36. The predicted octanol–water partition coefficient (Wildman–Crippen LogP) is 2.37. The summed E-state index contributed by atoms with van der Waals surface area (Å²) in [5.74, 6) is 0. The third kappa shape index (κ3) is 1.82. The van der Waals surface area contributed by atoms with Crippen LogP contribution in [0.4, 0.5) is 14.5 Å². The van der Waals surface area contributed by atoms with E-state index >= 15 is 0 Å². The standard InChI is InChI=1S/C8H6BrF2N3/c9-1-6-4(2-12)7(8(10)11)5(13)3-14-6/h3,8H,1,13H2. The molecule has 0 saturated carbocycles. The van der Waals surface area contributed by atoms with E-state index in [1.165, 1.54) is 0 Å². The van der Waals surface area contributed by atoms with Crippen LogP contribution in [0.2, 0.25) is 0 Å². The third-order valence-corrected chi connectivity index (χ3v) is 2.22. The van der Waals surface area contributed by atoms with Gasteiger partial charge in [0.15, 0.2) is 0 Å². The van der Waals surface area contributed by atoms with Gasteiger partial charge < -0.3 is 5.73 Å². The number of alkyl halides is 3. The summed E-state index contributed by atoms with van der Waals surface area (Å²) in [5.41, 5.74) is 4.86. The van der Waals surface area contributed by atoms with Crippen LogP contribution in [0, 0.1) is 11.3 Å². The zero-order valence-corrected chi connectivity index (χ0v) is 8.55. The molecule has 0 aliphatic rings. The summed E-state index contributed by atoms with van der Waals surface area (Å²) in [4.78, 5) is 3.78. The summed E-state index contributed by atoms with van der Waals surface area (Å²) >= 11 is 3.06. The molecule has 0 spiro atoms. The van der Waals surface area contributed by atoms with Crippen LogP contribution < -0.4 is 5.73 Å². The van der Waals surface area contributed by atoms with E-state index in [1.807, 2.05) is 0 Å². The molecule has 1 rings (SSSR count). The van der Waals surface area contributed by atoms with Crippen molar-refractivity contribution in [1.82, 2.24) is 4.98 Å². The van der Waals surface area contributed by atoms with E-state index < -0.39 is 12.0 Å². The number of pyridine rings is 1. The molecule has 14 heavy (non-hydrogen) atoms. The lowest BCUT2D eigenvalue weighted by Crippen LogP contribution is -2.03. The van der Waals surface area contributed by atoms with Gasteiger partial charge in [0, 0.05) is 5.33 Å². The van der Waals surface area contributed by atoms with E-state index in [0.717, 1.165) is 6.20 Å². The molecule has 2 N–H and O–H groups in total. The molecule has 0 radical (unpaired) electrons. The molecule has 0 aromatic carbocycles. The van der Waals surface area contributed by atoms with Crippen LogP contribution >= 0.6 is 15.9 Å². The number of nitrogen functional groups attached to an aromatic ring is 1. The molecule has 6 heteroatoms. The van der Waals surface area contributed by atoms with Crippen LogP contribution in [0.3, 0.4) is 0 Å². The first-order valence-electron chi connectivity index (χ1n) is 3.63. The van der Waals surface area contributed by atoms with Gasteiger partial charge in [0.1, 0.15) is 6.07 Å². The molecule has 74 valence electrons. The van der Waals surface area contributed by atoms with Crippen LogP contribution in [0.15, 0.2) is 6.20 Å². The van der Waals surface area contributed by atoms with Crippen molar-refractivity contribution in [3.63, 3.8) is 0 Å². The number of aromatic nitrogens is 1. The van der Waals surface area contributed by atoms with Gasteiger partial charge in [0.05, 0.1) is 28.7 Å². The van der Waals surface area contributed by atoms with Crippen LogP contribution in [-0.2, 0) is 5.33 Å². The Morgan fingerprint density at radius 1 is 1.64 bits per heavy atom. The molecule has 0 saturated heterocycles. The third-order valence-electron chi connectivity index (χ3n) is 1.68. The van der Waals surface area contributed by atoms with Crippen LogP contribution in [0.5, 0.6) is 0 Å². The Morgan fingerprint density at radius 3 is 2.71 bits per heavy atom. The summed E-state index contributed by atoms with van der Waals surface area (Å²) in [6, 6.07) is 1.68. The first-order chi connectivity index (χ1) is 6.61. The highest BCUT2D eigenvalue weighted by molar-refractivity contribution is 9.08. The highest BCUT2D eigenvalue weighted by Gasteiger charge is 2.20. The first-order valence-corrected chi connectivity index (χ1v) is 4.75. The van der Waals surface area contributed by atoms with Gasteiger partial charge in [-0.25, -0.2) is 8.78 Å². The minimum absolute atomic E-state index is 0.142. The van der Waals surface area contributed by atoms with Gasteiger partial charge in [0.25, 0.3) is 6.43 Å². The molecule has 0 aliphatic carbocycles. The van der Waals surface area contributed by atoms with Crippen molar-refractivity contribution in [2.45, 2.75) is 11.8 Å². The Bertz CT molecular complexity index is 387. The lowest BCUT2D eigenvalue weighted by Gasteiger charge is -2.08. The normalized spacial score (nSPS) is 10.2. The quantitative estimate of drug-likeness (QED) is 0.832. The number of halogens is 3. The zero-order valence-electron chi connectivity index (χ0n) is 6.97. The second kappa shape index (κ2) is 4.33. The SMILES string of the molecule is N#Cc1c(CBr)ncc(N)c1C(F)F. The number of hydrogen-bond donors (Lipinski definition) is 1.